The lowest BCUT2D eigenvalue weighted by Gasteiger charge is -2.36. The highest BCUT2D eigenvalue weighted by molar-refractivity contribution is 6.07. The molecule has 1 aliphatic heterocycles. The van der Waals surface area contributed by atoms with Crippen LogP contribution >= 0.6 is 0 Å². The van der Waals surface area contributed by atoms with Gasteiger partial charge in [-0.3, -0.25) is 14.4 Å². The van der Waals surface area contributed by atoms with Gasteiger partial charge in [-0.05, 0) is 17.7 Å². The second kappa shape index (κ2) is 8.05. The molecule has 7 nitrogen and oxygen atoms in total. The summed E-state index contributed by atoms with van der Waals surface area (Å²) >= 11 is 0. The quantitative estimate of drug-likeness (QED) is 0.454. The topological polar surface area (TPSA) is 99.1 Å². The van der Waals surface area contributed by atoms with Crippen LogP contribution in [0.3, 0.4) is 0 Å². The summed E-state index contributed by atoms with van der Waals surface area (Å²) in [6.07, 6.45) is -1.44. The number of ketones is 1. The molecule has 1 saturated heterocycles. The maximum absolute atomic E-state index is 13.2. The molecule has 29 heavy (non-hydrogen) atoms. The molecule has 3 rings (SSSR count). The van der Waals surface area contributed by atoms with Gasteiger partial charge in [-0.25, -0.2) is 0 Å². The number of ether oxygens (including phenoxy) is 3. The van der Waals surface area contributed by atoms with Crippen molar-refractivity contribution in [3.05, 3.63) is 65.7 Å². The van der Waals surface area contributed by atoms with Crippen molar-refractivity contribution in [2.24, 2.45) is 11.8 Å². The number of cyclic esters (lactones) is 2. The van der Waals surface area contributed by atoms with Crippen molar-refractivity contribution in [1.82, 2.24) is 0 Å². The van der Waals surface area contributed by atoms with Gasteiger partial charge in [0.05, 0.1) is 19.1 Å². The molecule has 0 amide bonds. The highest BCUT2D eigenvalue weighted by Gasteiger charge is 2.52. The Labute approximate surface area is 168 Å². The number of rotatable bonds is 6. The van der Waals surface area contributed by atoms with E-state index < -0.39 is 41.4 Å². The number of methoxy groups -OCH3 is 1. The Morgan fingerprint density at radius 3 is 2.07 bits per heavy atom. The number of hydrogen-bond acceptors (Lipinski definition) is 7. The van der Waals surface area contributed by atoms with E-state index in [1.54, 1.807) is 54.6 Å². The Hall–Kier alpha value is -3.19. The summed E-state index contributed by atoms with van der Waals surface area (Å²) in [4.78, 5) is 38.5. The molecule has 2 aromatic rings. The Morgan fingerprint density at radius 1 is 1.00 bits per heavy atom. The molecule has 0 aliphatic carbocycles. The fourth-order valence-corrected chi connectivity index (χ4v) is 3.30. The molecule has 0 bridgehead atoms. The van der Waals surface area contributed by atoms with Crippen molar-refractivity contribution in [2.45, 2.75) is 25.7 Å². The standard InChI is InChI=1S/C22H22O7/c1-22(2)28-20(25)17(21(26)29-22)16(18(23)13-7-5-4-6-8-13)19(24)14-9-11-15(27-3)12-10-14/h4-12,16-17,19,24H,1-3H3/t16-,19-/m1/s1. The molecule has 1 heterocycles. The third-order valence-electron chi connectivity index (χ3n) is 4.72. The first-order valence-electron chi connectivity index (χ1n) is 9.10. The van der Waals surface area contributed by atoms with Crippen molar-refractivity contribution in [3.63, 3.8) is 0 Å². The smallest absolute Gasteiger partial charge is 0.324 e. The van der Waals surface area contributed by atoms with Gasteiger partial charge in [-0.1, -0.05) is 42.5 Å². The zero-order valence-corrected chi connectivity index (χ0v) is 16.3. The summed E-state index contributed by atoms with van der Waals surface area (Å²) in [5.74, 6) is -6.26. The SMILES string of the molecule is COc1ccc([C@@H](O)[C@@H](C(=O)c2ccccc2)C2C(=O)OC(C)(C)OC2=O)cc1. The zero-order valence-electron chi connectivity index (χ0n) is 16.3. The van der Waals surface area contributed by atoms with Crippen LogP contribution in [-0.4, -0.2) is 35.7 Å². The van der Waals surface area contributed by atoms with E-state index in [4.69, 9.17) is 14.2 Å². The van der Waals surface area contributed by atoms with Gasteiger partial charge < -0.3 is 19.3 Å². The van der Waals surface area contributed by atoms with Gasteiger partial charge in [0.25, 0.3) is 5.79 Å². The maximum atomic E-state index is 13.2. The van der Waals surface area contributed by atoms with Gasteiger partial charge in [0.2, 0.25) is 0 Å². The third kappa shape index (κ3) is 4.30. The normalized spacial score (nSPS) is 18.3. The zero-order chi connectivity index (χ0) is 21.2. The molecular weight excluding hydrogens is 376 g/mol. The van der Waals surface area contributed by atoms with Crippen LogP contribution < -0.4 is 4.74 Å². The van der Waals surface area contributed by atoms with Crippen LogP contribution in [0.2, 0.25) is 0 Å². The van der Waals surface area contributed by atoms with Gasteiger partial charge in [0, 0.05) is 19.4 Å². The summed E-state index contributed by atoms with van der Waals surface area (Å²) in [6, 6.07) is 14.5. The molecule has 0 aromatic heterocycles. The van der Waals surface area contributed by atoms with Crippen LogP contribution in [-0.2, 0) is 19.1 Å². The van der Waals surface area contributed by atoms with Gasteiger partial charge >= 0.3 is 11.9 Å². The van der Waals surface area contributed by atoms with Crippen LogP contribution in [0.5, 0.6) is 5.75 Å². The van der Waals surface area contributed by atoms with Crippen LogP contribution in [0.15, 0.2) is 54.6 Å². The molecular formula is C22H22O7. The van der Waals surface area contributed by atoms with Crippen LogP contribution in [0.4, 0.5) is 0 Å². The largest absolute Gasteiger partial charge is 0.497 e. The number of carbonyl (C=O) groups is 3. The summed E-state index contributed by atoms with van der Waals surface area (Å²) < 4.78 is 15.5. The lowest BCUT2D eigenvalue weighted by Crippen LogP contribution is -2.51. The van der Waals surface area contributed by atoms with E-state index in [1.807, 2.05) is 0 Å². The van der Waals surface area contributed by atoms with Gasteiger partial charge in [-0.2, -0.15) is 0 Å². The summed E-state index contributed by atoms with van der Waals surface area (Å²) in [7, 11) is 1.50. The highest BCUT2D eigenvalue weighted by Crippen LogP contribution is 2.37. The first kappa shape index (κ1) is 20.5. The van der Waals surface area contributed by atoms with Crippen molar-refractivity contribution in [1.29, 1.82) is 0 Å². The lowest BCUT2D eigenvalue weighted by molar-refractivity contribution is -0.243. The lowest BCUT2D eigenvalue weighted by atomic mass is 9.78. The molecule has 0 unspecified atom stereocenters. The summed E-state index contributed by atoms with van der Waals surface area (Å²) in [5.41, 5.74) is 0.612. The van der Waals surface area contributed by atoms with Crippen LogP contribution in [0.25, 0.3) is 0 Å². The van der Waals surface area contributed by atoms with Crippen molar-refractivity contribution in [3.8, 4) is 5.75 Å². The Bertz CT molecular complexity index is 883. The minimum absolute atomic E-state index is 0.260. The first-order valence-corrected chi connectivity index (χ1v) is 9.10. The number of hydrogen-bond donors (Lipinski definition) is 1. The third-order valence-corrected chi connectivity index (χ3v) is 4.72. The van der Waals surface area contributed by atoms with E-state index in [0.29, 0.717) is 11.3 Å². The number of aliphatic hydroxyl groups excluding tert-OH is 1. The van der Waals surface area contributed by atoms with E-state index >= 15 is 0 Å². The first-order chi connectivity index (χ1) is 13.7. The van der Waals surface area contributed by atoms with E-state index in [2.05, 4.69) is 0 Å². The minimum atomic E-state index is -1.59. The molecule has 0 radical (unpaired) electrons. The van der Waals surface area contributed by atoms with E-state index in [0.717, 1.165) is 0 Å². The Morgan fingerprint density at radius 2 is 1.55 bits per heavy atom. The van der Waals surface area contributed by atoms with Crippen LogP contribution in [0.1, 0.15) is 35.9 Å². The predicted molar refractivity (Wildman–Crippen MR) is 102 cm³/mol. The molecule has 0 spiro atoms. The fourth-order valence-electron chi connectivity index (χ4n) is 3.30. The molecule has 1 fully saturated rings. The van der Waals surface area contributed by atoms with Crippen LogP contribution in [0, 0.1) is 11.8 Å². The van der Waals surface area contributed by atoms with Crippen molar-refractivity contribution >= 4 is 17.7 Å². The second-order valence-electron chi connectivity index (χ2n) is 7.19. The number of Topliss-reactive ketones (excluding diaryl/α,β-unsaturated/α-hetero) is 1. The molecule has 2 aromatic carbocycles. The molecule has 152 valence electrons. The van der Waals surface area contributed by atoms with Crippen molar-refractivity contribution in [2.75, 3.05) is 7.11 Å². The highest BCUT2D eigenvalue weighted by atomic mass is 16.7. The Balaban J connectivity index is 2.02. The fraction of sp³-hybridized carbons (Fsp3) is 0.318. The summed E-state index contributed by atoms with van der Waals surface area (Å²) in [5, 5.41) is 11.0. The van der Waals surface area contributed by atoms with Crippen molar-refractivity contribution < 1.29 is 33.7 Å². The average Bonchev–Trinajstić information content (AvgIpc) is 2.69. The van der Waals surface area contributed by atoms with E-state index in [1.165, 1.54) is 21.0 Å². The monoisotopic (exact) mass is 398 g/mol. The molecule has 7 heteroatoms. The van der Waals surface area contributed by atoms with Gasteiger partial charge in [0.15, 0.2) is 11.7 Å². The minimum Gasteiger partial charge on any atom is -0.497 e. The molecule has 0 saturated carbocycles. The number of esters is 2. The molecule has 1 N–H and O–H groups in total. The maximum Gasteiger partial charge on any atom is 0.324 e. The number of benzene rings is 2. The predicted octanol–water partition coefficient (Wildman–Crippen LogP) is 2.68. The second-order valence-corrected chi connectivity index (χ2v) is 7.19. The molecule has 2 atom stereocenters. The average molecular weight is 398 g/mol. The number of aliphatic hydroxyl groups is 1. The summed E-state index contributed by atoms with van der Waals surface area (Å²) in [6.45, 7) is 2.85. The Kier molecular flexibility index (Phi) is 5.70. The van der Waals surface area contributed by atoms with Gasteiger partial charge in [-0.15, -0.1) is 0 Å². The van der Waals surface area contributed by atoms with E-state index in [-0.39, 0.29) is 5.56 Å². The number of carbonyl (C=O) groups excluding carboxylic acids is 3. The molecule has 1 aliphatic rings. The van der Waals surface area contributed by atoms with Gasteiger partial charge in [0.1, 0.15) is 5.75 Å². The van der Waals surface area contributed by atoms with E-state index in [9.17, 15) is 19.5 Å².